The molecule has 1 fully saturated rings. The number of aryl methyl sites for hydroxylation is 1. The molecule has 1 amide bonds. The number of benzene rings is 2. The molecule has 0 heterocycles. The maximum Gasteiger partial charge on any atom is 0.475 e. The number of aliphatic hydroxyl groups is 2. The van der Waals surface area contributed by atoms with Gasteiger partial charge in [-0.2, -0.15) is 0 Å². The number of carbonyl (C=O) groups excluding carboxylic acids is 4. The van der Waals surface area contributed by atoms with E-state index in [1.54, 1.807) is 54.6 Å². The van der Waals surface area contributed by atoms with E-state index in [0.717, 1.165) is 69.8 Å². The van der Waals surface area contributed by atoms with Gasteiger partial charge in [0, 0.05) is 36.9 Å². The SMILES string of the molecule is CCCCCCCCCCCCCCCC(=O)OC(COP(=O)(OCCCNC(=O)CCc1ccc(C(=O)c2ccccc2)cc1)OC1[C@H](O)[C@H](OP(=O)(O)O)C(OP(=O)(O)O)[C@H](OP(=O)(O)O)[C@H]1O)OC(=O)CCCCCCCCCCCCCCC. The van der Waals surface area contributed by atoms with Crippen LogP contribution >= 0.6 is 31.3 Å². The predicted molar refractivity (Wildman–Crippen MR) is 326 cm³/mol. The number of carbonyl (C=O) groups is 4. The standard InChI is InChI=1S/C59H99NO24P4/c1-3-5-7-9-11-13-15-17-19-21-23-25-30-35-50(62)79-52(80-51(63)36-31-26-24-22-20-18-16-14-12-10-8-6-4-2)45-78-88(76,77-44-32-43-60-49(61)42-39-46-37-40-48(41-38-46)53(64)47-33-28-27-29-34-47)84-56-54(65)57(81-85(67,68)69)59(83-87(73,74)75)58(55(56)66)82-86(70,71)72/h27-29,33-34,37-38,40-41,52,54-59,65-66H,3-26,30-32,35-36,39,42-45H2,1-2H3,(H,60,61)(H2,67,68,69)(H2,70,71,72)(H2,73,74,75)/t54-,55-,56?,57-,58+,59?,88?/m0/s1. The first kappa shape index (κ1) is 79.1. The molecular weight excluding hydrogens is 1230 g/mol. The lowest BCUT2D eigenvalue weighted by Gasteiger charge is -2.46. The van der Waals surface area contributed by atoms with Crippen LogP contribution in [-0.2, 0) is 75.7 Å². The summed E-state index contributed by atoms with van der Waals surface area (Å²) in [4.78, 5) is 111. The van der Waals surface area contributed by atoms with E-state index >= 15 is 0 Å². The van der Waals surface area contributed by atoms with E-state index in [1.165, 1.54) is 77.0 Å². The molecule has 1 saturated carbocycles. The normalized spacial score (nSPS) is 18.9. The molecule has 3 unspecified atom stereocenters. The maximum atomic E-state index is 14.8. The Hall–Kier alpha value is -3.12. The Morgan fingerprint density at radius 2 is 0.841 bits per heavy atom. The van der Waals surface area contributed by atoms with E-state index in [4.69, 9.17) is 23.0 Å². The molecule has 2 aromatic carbocycles. The molecule has 0 aromatic heterocycles. The highest BCUT2D eigenvalue weighted by Crippen LogP contribution is 2.56. The minimum absolute atomic E-state index is 0.00499. The first-order chi connectivity index (χ1) is 41.8. The zero-order valence-corrected chi connectivity index (χ0v) is 54.8. The second kappa shape index (κ2) is 43.7. The second-order valence-corrected chi connectivity index (χ2v) is 27.5. The van der Waals surface area contributed by atoms with Crippen LogP contribution in [0.1, 0.15) is 228 Å². The minimum atomic E-state index is -5.88. The van der Waals surface area contributed by atoms with E-state index in [0.29, 0.717) is 36.8 Å². The molecule has 9 N–H and O–H groups in total. The fourth-order valence-corrected chi connectivity index (χ4v) is 13.1. The van der Waals surface area contributed by atoms with Crippen molar-refractivity contribution in [1.82, 2.24) is 5.32 Å². The summed E-state index contributed by atoms with van der Waals surface area (Å²) in [5, 5.41) is 25.6. The number of ether oxygens (including phenoxy) is 2. The fourth-order valence-electron chi connectivity index (χ4n) is 9.99. The second-order valence-electron chi connectivity index (χ2n) is 22.3. The number of hydrogen-bond donors (Lipinski definition) is 9. The molecule has 2 aromatic rings. The van der Waals surface area contributed by atoms with E-state index in [-0.39, 0.29) is 44.4 Å². The summed E-state index contributed by atoms with van der Waals surface area (Å²) in [6.07, 6.45) is 8.51. The molecule has 0 aliphatic heterocycles. The topological polar surface area (TPSA) is 384 Å². The van der Waals surface area contributed by atoms with Crippen LogP contribution in [0.3, 0.4) is 0 Å². The summed E-state index contributed by atoms with van der Waals surface area (Å²) in [6.45, 7) is 2.44. The Kier molecular flexibility index (Phi) is 39.3. The third kappa shape index (κ3) is 35.6. The van der Waals surface area contributed by atoms with Crippen LogP contribution < -0.4 is 5.32 Å². The van der Waals surface area contributed by atoms with Gasteiger partial charge in [-0.15, -0.1) is 0 Å². The van der Waals surface area contributed by atoms with Crippen LogP contribution in [0.2, 0.25) is 0 Å². The summed E-state index contributed by atoms with van der Waals surface area (Å²) < 4.78 is 92.5. The molecule has 29 heteroatoms. The van der Waals surface area contributed by atoms with Gasteiger partial charge in [0.25, 0.3) is 6.29 Å². The maximum absolute atomic E-state index is 14.8. The lowest BCUT2D eigenvalue weighted by atomic mass is 9.85. The number of aliphatic hydroxyl groups excluding tert-OH is 2. The highest BCUT2D eigenvalue weighted by molar-refractivity contribution is 7.48. The molecule has 0 spiro atoms. The lowest BCUT2D eigenvalue weighted by molar-refractivity contribution is -0.212. The van der Waals surface area contributed by atoms with Crippen LogP contribution in [-0.4, -0.2) is 126 Å². The number of rotatable bonds is 51. The van der Waals surface area contributed by atoms with Crippen LogP contribution in [0.4, 0.5) is 0 Å². The quantitative estimate of drug-likeness (QED) is 0.00976. The Morgan fingerprint density at radius 1 is 0.455 bits per heavy atom. The number of ketones is 1. The number of amides is 1. The molecular formula is C59H99NO24P4. The summed E-state index contributed by atoms with van der Waals surface area (Å²) in [7, 11) is -23.1. The zero-order chi connectivity index (χ0) is 64.9. The highest BCUT2D eigenvalue weighted by Gasteiger charge is 2.59. The molecule has 0 radical (unpaired) electrons. The van der Waals surface area contributed by atoms with Gasteiger partial charge in [-0.1, -0.05) is 223 Å². The summed E-state index contributed by atoms with van der Waals surface area (Å²) in [6, 6.07) is 15.4. The van der Waals surface area contributed by atoms with Crippen LogP contribution in [0.15, 0.2) is 54.6 Å². The lowest BCUT2D eigenvalue weighted by Crippen LogP contribution is -2.65. The Labute approximate surface area is 518 Å². The predicted octanol–water partition coefficient (Wildman–Crippen LogP) is 11.4. The van der Waals surface area contributed by atoms with Crippen molar-refractivity contribution in [2.24, 2.45) is 0 Å². The Bertz CT molecular complexity index is 2390. The van der Waals surface area contributed by atoms with Gasteiger partial charge in [-0.3, -0.25) is 46.3 Å². The van der Waals surface area contributed by atoms with Gasteiger partial charge in [0.15, 0.2) is 5.78 Å². The fraction of sp³-hybridized carbons (Fsp3) is 0.729. The van der Waals surface area contributed by atoms with Gasteiger partial charge in [0.05, 0.1) is 6.61 Å². The number of esters is 2. The molecule has 1 aliphatic rings. The number of hydrogen-bond acceptors (Lipinski definition) is 18. The van der Waals surface area contributed by atoms with E-state index < -0.39 is 105 Å². The van der Waals surface area contributed by atoms with Gasteiger partial charge in [-0.05, 0) is 31.2 Å². The van der Waals surface area contributed by atoms with Crippen LogP contribution in [0.5, 0.6) is 0 Å². The smallest absolute Gasteiger partial charge is 0.423 e. The van der Waals surface area contributed by atoms with Crippen molar-refractivity contribution in [3.63, 3.8) is 0 Å². The van der Waals surface area contributed by atoms with Crippen molar-refractivity contribution in [3.8, 4) is 0 Å². The number of phosphoric ester groups is 4. The van der Waals surface area contributed by atoms with E-state index in [9.17, 15) is 77.0 Å². The molecule has 0 bridgehead atoms. The molecule has 504 valence electrons. The van der Waals surface area contributed by atoms with Crippen molar-refractivity contribution in [2.75, 3.05) is 19.8 Å². The summed E-state index contributed by atoms with van der Waals surface area (Å²) >= 11 is 0. The summed E-state index contributed by atoms with van der Waals surface area (Å²) in [5.74, 6) is -2.28. The van der Waals surface area contributed by atoms with Gasteiger partial charge in [0.1, 0.15) is 43.2 Å². The first-order valence-corrected chi connectivity index (χ1v) is 37.4. The monoisotopic (exact) mass is 1330 g/mol. The molecule has 25 nitrogen and oxygen atoms in total. The van der Waals surface area contributed by atoms with Gasteiger partial charge >= 0.3 is 43.2 Å². The van der Waals surface area contributed by atoms with Crippen molar-refractivity contribution >= 4 is 54.9 Å². The van der Waals surface area contributed by atoms with E-state index in [2.05, 4.69) is 32.7 Å². The van der Waals surface area contributed by atoms with Crippen molar-refractivity contribution in [3.05, 3.63) is 71.3 Å². The average molecular weight is 1330 g/mol. The van der Waals surface area contributed by atoms with Crippen molar-refractivity contribution in [2.45, 2.75) is 256 Å². The highest BCUT2D eigenvalue weighted by atomic mass is 31.2. The number of unbranched alkanes of at least 4 members (excludes halogenated alkanes) is 24. The van der Waals surface area contributed by atoms with Gasteiger partial charge in [-0.25, -0.2) is 18.3 Å². The molecule has 3 rings (SSSR count). The average Bonchev–Trinajstić information content (AvgIpc) is 2.24. The largest absolute Gasteiger partial charge is 0.475 e. The van der Waals surface area contributed by atoms with Crippen LogP contribution in [0, 0.1) is 0 Å². The Morgan fingerprint density at radius 3 is 1.25 bits per heavy atom. The van der Waals surface area contributed by atoms with Gasteiger partial charge in [0.2, 0.25) is 5.91 Å². The zero-order valence-electron chi connectivity index (χ0n) is 51.2. The molecule has 88 heavy (non-hydrogen) atoms. The Balaban J connectivity index is 1.79. The van der Waals surface area contributed by atoms with Crippen molar-refractivity contribution < 1.29 is 114 Å². The number of nitrogens with one attached hydrogen (secondary N) is 1. The minimum Gasteiger partial charge on any atom is -0.423 e. The first-order valence-electron chi connectivity index (χ1n) is 31.3. The van der Waals surface area contributed by atoms with E-state index in [1.807, 2.05) is 0 Å². The van der Waals surface area contributed by atoms with Gasteiger partial charge < -0.3 is 54.4 Å². The number of phosphoric acid groups is 4. The third-order valence-electron chi connectivity index (χ3n) is 14.7. The third-order valence-corrected chi connectivity index (χ3v) is 17.7. The van der Waals surface area contributed by atoms with Crippen LogP contribution in [0.25, 0.3) is 0 Å². The molecule has 1 aliphatic carbocycles. The van der Waals surface area contributed by atoms with Crippen molar-refractivity contribution in [1.29, 1.82) is 0 Å². The summed E-state index contributed by atoms with van der Waals surface area (Å²) in [5.41, 5.74) is 1.72. The molecule has 7 atom stereocenters. The molecule has 0 saturated heterocycles.